The van der Waals surface area contributed by atoms with Crippen molar-refractivity contribution in [3.05, 3.63) is 20.8 Å². The number of halogens is 1. The number of thiophene rings is 1. The van der Waals surface area contributed by atoms with E-state index >= 15 is 0 Å². The zero-order valence-corrected chi connectivity index (χ0v) is 12.1. The Kier molecular flexibility index (Phi) is 6.53. The maximum Gasteiger partial charge on any atom is 0.0783 e. The van der Waals surface area contributed by atoms with E-state index in [1.54, 1.807) is 11.3 Å². The molecule has 16 heavy (non-hydrogen) atoms. The van der Waals surface area contributed by atoms with Crippen LogP contribution in [0.3, 0.4) is 0 Å². The second-order valence-electron chi connectivity index (χ2n) is 3.60. The Morgan fingerprint density at radius 2 is 2.25 bits per heavy atom. The van der Waals surface area contributed by atoms with Gasteiger partial charge in [-0.05, 0) is 40.2 Å². The van der Waals surface area contributed by atoms with Crippen LogP contribution in [0.4, 0.5) is 0 Å². The Hall–Kier alpha value is 0.0600. The van der Waals surface area contributed by atoms with Gasteiger partial charge in [0, 0.05) is 16.5 Å². The normalized spacial score (nSPS) is 15.0. The van der Waals surface area contributed by atoms with E-state index in [4.69, 9.17) is 10.6 Å². The molecule has 1 heterocycles. The number of nitrogens with one attached hydrogen (secondary N) is 1. The third kappa shape index (κ3) is 3.53. The summed E-state index contributed by atoms with van der Waals surface area (Å²) < 4.78 is 6.85. The first kappa shape index (κ1) is 14.1. The molecule has 0 radical (unpaired) electrons. The Morgan fingerprint density at radius 1 is 1.50 bits per heavy atom. The summed E-state index contributed by atoms with van der Waals surface area (Å²) in [4.78, 5) is 0. The highest BCUT2D eigenvalue weighted by atomic mass is 79.9. The molecule has 0 saturated carbocycles. The van der Waals surface area contributed by atoms with Crippen LogP contribution in [-0.4, -0.2) is 12.7 Å². The second kappa shape index (κ2) is 7.40. The third-order valence-corrected chi connectivity index (χ3v) is 4.23. The number of hydrogen-bond donors (Lipinski definition) is 2. The Morgan fingerprint density at radius 3 is 2.69 bits per heavy atom. The van der Waals surface area contributed by atoms with E-state index in [2.05, 4.69) is 39.0 Å². The van der Waals surface area contributed by atoms with Crippen LogP contribution < -0.4 is 11.3 Å². The highest BCUT2D eigenvalue weighted by Crippen LogP contribution is 2.31. The molecule has 1 aromatic heterocycles. The van der Waals surface area contributed by atoms with E-state index in [-0.39, 0.29) is 12.1 Å². The van der Waals surface area contributed by atoms with E-state index in [9.17, 15) is 0 Å². The smallest absolute Gasteiger partial charge is 0.0783 e. The quantitative estimate of drug-likeness (QED) is 0.600. The highest BCUT2D eigenvalue weighted by molar-refractivity contribution is 9.10. The van der Waals surface area contributed by atoms with Crippen LogP contribution in [0.5, 0.6) is 0 Å². The van der Waals surface area contributed by atoms with E-state index in [1.165, 1.54) is 5.56 Å². The van der Waals surface area contributed by atoms with Crippen LogP contribution in [0.25, 0.3) is 0 Å². The zero-order valence-electron chi connectivity index (χ0n) is 9.70. The van der Waals surface area contributed by atoms with Gasteiger partial charge in [0.2, 0.25) is 0 Å². The van der Waals surface area contributed by atoms with Gasteiger partial charge < -0.3 is 4.74 Å². The van der Waals surface area contributed by atoms with E-state index < -0.39 is 0 Å². The molecule has 0 aliphatic rings. The molecule has 1 rings (SSSR count). The SMILES string of the molecule is CCCC(OCC)C(NN)c1cscc1Br. The van der Waals surface area contributed by atoms with E-state index in [1.807, 2.05) is 6.92 Å². The largest absolute Gasteiger partial charge is 0.376 e. The summed E-state index contributed by atoms with van der Waals surface area (Å²) in [5.74, 6) is 5.65. The highest BCUT2D eigenvalue weighted by Gasteiger charge is 2.24. The summed E-state index contributed by atoms with van der Waals surface area (Å²) in [6.07, 6.45) is 2.22. The fourth-order valence-electron chi connectivity index (χ4n) is 1.76. The topological polar surface area (TPSA) is 47.3 Å². The molecule has 5 heteroatoms. The van der Waals surface area contributed by atoms with Gasteiger partial charge >= 0.3 is 0 Å². The first-order chi connectivity index (χ1) is 7.74. The Bertz CT molecular complexity index is 300. The molecule has 0 aromatic carbocycles. The predicted octanol–water partition coefficient (Wildman–Crippen LogP) is 3.22. The first-order valence-electron chi connectivity index (χ1n) is 5.53. The van der Waals surface area contributed by atoms with Gasteiger partial charge in [-0.25, -0.2) is 0 Å². The molecule has 0 amide bonds. The van der Waals surface area contributed by atoms with Crippen molar-refractivity contribution in [1.82, 2.24) is 5.43 Å². The van der Waals surface area contributed by atoms with Crippen LogP contribution in [-0.2, 0) is 4.74 Å². The first-order valence-corrected chi connectivity index (χ1v) is 7.27. The number of nitrogens with two attached hydrogens (primary N) is 1. The molecule has 0 saturated heterocycles. The lowest BCUT2D eigenvalue weighted by molar-refractivity contribution is 0.0275. The molecule has 2 unspecified atom stereocenters. The maximum absolute atomic E-state index is 5.76. The summed E-state index contributed by atoms with van der Waals surface area (Å²) in [7, 11) is 0. The maximum atomic E-state index is 5.76. The zero-order chi connectivity index (χ0) is 12.0. The van der Waals surface area contributed by atoms with Crippen molar-refractivity contribution in [2.24, 2.45) is 5.84 Å². The second-order valence-corrected chi connectivity index (χ2v) is 5.20. The molecular weight excluding hydrogens is 288 g/mol. The van der Waals surface area contributed by atoms with Crippen molar-refractivity contribution >= 4 is 27.3 Å². The average molecular weight is 307 g/mol. The molecule has 92 valence electrons. The van der Waals surface area contributed by atoms with Crippen molar-refractivity contribution < 1.29 is 4.74 Å². The van der Waals surface area contributed by atoms with E-state index in [0.717, 1.165) is 17.3 Å². The lowest BCUT2D eigenvalue weighted by Gasteiger charge is -2.26. The lowest BCUT2D eigenvalue weighted by atomic mass is 10.0. The molecule has 0 aliphatic carbocycles. The van der Waals surface area contributed by atoms with Crippen LogP contribution in [0, 0.1) is 0 Å². The Balaban J connectivity index is 2.81. The van der Waals surface area contributed by atoms with Gasteiger partial charge in [0.05, 0.1) is 12.1 Å². The van der Waals surface area contributed by atoms with Gasteiger partial charge in [0.1, 0.15) is 0 Å². The molecule has 0 bridgehead atoms. The minimum Gasteiger partial charge on any atom is -0.376 e. The predicted molar refractivity (Wildman–Crippen MR) is 72.4 cm³/mol. The molecule has 0 spiro atoms. The molecule has 3 N–H and O–H groups in total. The minimum absolute atomic E-state index is 0.0560. The third-order valence-electron chi connectivity index (χ3n) is 2.48. The molecule has 2 atom stereocenters. The van der Waals surface area contributed by atoms with Gasteiger partial charge in [-0.1, -0.05) is 13.3 Å². The lowest BCUT2D eigenvalue weighted by Crippen LogP contribution is -2.38. The summed E-state index contributed by atoms with van der Waals surface area (Å²) in [6.45, 7) is 4.88. The van der Waals surface area contributed by atoms with E-state index in [0.29, 0.717) is 6.61 Å². The van der Waals surface area contributed by atoms with Gasteiger partial charge in [0.25, 0.3) is 0 Å². The summed E-state index contributed by atoms with van der Waals surface area (Å²) >= 11 is 5.20. The number of hydrogen-bond acceptors (Lipinski definition) is 4. The number of rotatable bonds is 7. The van der Waals surface area contributed by atoms with Crippen molar-refractivity contribution in [2.75, 3.05) is 6.61 Å². The van der Waals surface area contributed by atoms with Crippen molar-refractivity contribution in [3.8, 4) is 0 Å². The van der Waals surface area contributed by atoms with Crippen LogP contribution >= 0.6 is 27.3 Å². The fourth-order valence-corrected chi connectivity index (χ4v) is 3.34. The molecule has 1 aromatic rings. The van der Waals surface area contributed by atoms with Crippen LogP contribution in [0.15, 0.2) is 15.2 Å². The molecule has 0 aliphatic heterocycles. The Labute approximate surface area is 109 Å². The fraction of sp³-hybridized carbons (Fsp3) is 0.636. The molecular formula is C11H19BrN2OS. The number of hydrazine groups is 1. The van der Waals surface area contributed by atoms with Crippen molar-refractivity contribution in [3.63, 3.8) is 0 Å². The molecule has 3 nitrogen and oxygen atoms in total. The van der Waals surface area contributed by atoms with Crippen molar-refractivity contribution in [1.29, 1.82) is 0 Å². The summed E-state index contributed by atoms with van der Waals surface area (Å²) in [5, 5.41) is 4.17. The van der Waals surface area contributed by atoms with Gasteiger partial charge in [-0.2, -0.15) is 11.3 Å². The standard InChI is InChI=1S/C11H19BrN2OS/c1-3-5-10(15-4-2)11(14-13)8-6-16-7-9(8)12/h6-7,10-11,14H,3-5,13H2,1-2H3. The number of ether oxygens (including phenoxy) is 1. The monoisotopic (exact) mass is 306 g/mol. The van der Waals surface area contributed by atoms with Gasteiger partial charge in [-0.15, -0.1) is 0 Å². The van der Waals surface area contributed by atoms with Crippen LogP contribution in [0.1, 0.15) is 38.3 Å². The minimum atomic E-state index is 0.0560. The van der Waals surface area contributed by atoms with Crippen molar-refractivity contribution in [2.45, 2.75) is 38.8 Å². The van der Waals surface area contributed by atoms with Gasteiger partial charge in [0.15, 0.2) is 0 Å². The summed E-state index contributed by atoms with van der Waals surface area (Å²) in [5.41, 5.74) is 4.05. The van der Waals surface area contributed by atoms with Gasteiger partial charge in [-0.3, -0.25) is 11.3 Å². The molecule has 0 fully saturated rings. The average Bonchev–Trinajstić information content (AvgIpc) is 2.67. The summed E-state index contributed by atoms with van der Waals surface area (Å²) in [6, 6.07) is 0.0560. The van der Waals surface area contributed by atoms with Crippen LogP contribution in [0.2, 0.25) is 0 Å².